The Morgan fingerprint density at radius 2 is 1.53 bits per heavy atom. The number of benzene rings is 3. The minimum Gasteiger partial charge on any atom is -0.469 e. The molecule has 2 atom stereocenters. The van der Waals surface area contributed by atoms with Crippen molar-refractivity contribution >= 4 is 34.9 Å². The van der Waals surface area contributed by atoms with Crippen LogP contribution in [-0.4, -0.2) is 48.9 Å². The van der Waals surface area contributed by atoms with Crippen LogP contribution in [-0.2, 0) is 15.7 Å². The Balaban J connectivity index is 1.61. The van der Waals surface area contributed by atoms with Gasteiger partial charge in [0.2, 0.25) is 0 Å². The molecular weight excluding hydrogens is 600 g/mol. The van der Waals surface area contributed by atoms with Gasteiger partial charge in [0.1, 0.15) is 5.70 Å². The second kappa shape index (κ2) is 12.5. The zero-order chi connectivity index (χ0) is 31.5. The van der Waals surface area contributed by atoms with E-state index in [0.717, 1.165) is 12.1 Å². The Kier molecular flexibility index (Phi) is 9.19. The van der Waals surface area contributed by atoms with Gasteiger partial charge >= 0.3 is 18.3 Å². The summed E-state index contributed by atoms with van der Waals surface area (Å²) in [5, 5.41) is 0.197. The number of carbonyl (C=O) groups excluding carboxylic acids is 2. The Morgan fingerprint density at radius 1 is 0.930 bits per heavy atom. The molecule has 1 aliphatic heterocycles. The highest BCUT2D eigenvalue weighted by Gasteiger charge is 2.42. The van der Waals surface area contributed by atoms with Gasteiger partial charge in [-0.15, -0.1) is 0 Å². The molecule has 4 rings (SSSR count). The molecule has 0 unspecified atom stereocenters. The Morgan fingerprint density at radius 3 is 2.09 bits per heavy atom. The van der Waals surface area contributed by atoms with E-state index in [-0.39, 0.29) is 40.6 Å². The summed E-state index contributed by atoms with van der Waals surface area (Å²) in [5.74, 6) is -2.56. The van der Waals surface area contributed by atoms with Crippen LogP contribution in [0.25, 0.3) is 0 Å². The molecule has 0 bridgehead atoms. The lowest BCUT2D eigenvalue weighted by Crippen LogP contribution is -2.30. The summed E-state index contributed by atoms with van der Waals surface area (Å²) in [6, 6.07) is 16.2. The first-order valence-corrected chi connectivity index (χ1v) is 13.1. The first kappa shape index (κ1) is 31.6. The van der Waals surface area contributed by atoms with Gasteiger partial charge in [-0.2, -0.15) is 26.3 Å². The van der Waals surface area contributed by atoms with Crippen LogP contribution in [0, 0.1) is 5.92 Å². The number of allylic oxidation sites excluding steroid dienone is 2. The zero-order valence-corrected chi connectivity index (χ0v) is 23.2. The number of esters is 1. The van der Waals surface area contributed by atoms with Crippen LogP contribution >= 0.6 is 11.6 Å². The number of alkyl halides is 6. The first-order chi connectivity index (χ1) is 20.2. The molecule has 1 heterocycles. The molecule has 1 saturated heterocycles. The number of nitrogens with zero attached hydrogens (tertiary/aromatic N) is 2. The van der Waals surface area contributed by atoms with E-state index < -0.39 is 47.3 Å². The van der Waals surface area contributed by atoms with Gasteiger partial charge in [0, 0.05) is 30.1 Å². The topological polar surface area (TPSA) is 85.0 Å². The van der Waals surface area contributed by atoms with Crippen molar-refractivity contribution in [2.45, 2.75) is 18.3 Å². The van der Waals surface area contributed by atoms with Crippen LogP contribution in [0.4, 0.5) is 32.0 Å². The highest BCUT2D eigenvalue weighted by molar-refractivity contribution is 6.33. The summed E-state index contributed by atoms with van der Waals surface area (Å²) in [7, 11) is 1.18. The molecule has 13 heteroatoms. The number of rotatable bonds is 6. The minimum absolute atomic E-state index is 0.0236. The number of aliphatic imine (C=N–C) groups is 1. The van der Waals surface area contributed by atoms with E-state index in [1.165, 1.54) is 60.5 Å². The molecule has 1 amide bonds. The number of amides is 1. The fourth-order valence-electron chi connectivity index (χ4n) is 4.66. The standard InChI is InChI=1S/C30H24ClF6N3O3/c1-43-28(42)22-16-40(15-21(22)17-10-12-20(13-11-17)29(32,33)34)27(41)19-8-6-18(7-9-19)25(14-26(38)30(35,36)37)39-24-5-3-2-4-23(24)31/h2-14,21-22H,15-16,38H2,1H3/b26-14-,39-25?/t21-,22+/m0/s1. The van der Waals surface area contributed by atoms with Crippen molar-refractivity contribution in [3.63, 3.8) is 0 Å². The van der Waals surface area contributed by atoms with Gasteiger partial charge < -0.3 is 15.4 Å². The van der Waals surface area contributed by atoms with E-state index in [1.54, 1.807) is 12.1 Å². The van der Waals surface area contributed by atoms with Crippen LogP contribution in [0.3, 0.4) is 0 Å². The van der Waals surface area contributed by atoms with E-state index in [0.29, 0.717) is 11.6 Å². The number of halogens is 7. The number of nitrogens with two attached hydrogens (primary N) is 1. The molecule has 2 N–H and O–H groups in total. The van der Waals surface area contributed by atoms with E-state index in [2.05, 4.69) is 4.99 Å². The number of carbonyl (C=O) groups is 2. The number of para-hydroxylation sites is 1. The Bertz CT molecular complexity index is 1550. The SMILES string of the molecule is COC(=O)[C@@H]1CN(C(=O)c2ccc(C(/C=C(\N)C(F)(F)F)=Nc3ccccc3Cl)cc2)C[C@H]1c1ccc(C(F)(F)F)cc1. The van der Waals surface area contributed by atoms with Crippen LogP contribution < -0.4 is 5.73 Å². The number of ether oxygens (including phenoxy) is 1. The summed E-state index contributed by atoms with van der Waals surface area (Å²) < 4.78 is 83.6. The first-order valence-electron chi connectivity index (χ1n) is 12.7. The molecular formula is C30H24ClF6N3O3. The average molecular weight is 624 g/mol. The van der Waals surface area contributed by atoms with Crippen molar-refractivity contribution in [2.75, 3.05) is 20.2 Å². The third-order valence-corrected chi connectivity index (χ3v) is 7.24. The second-order valence-electron chi connectivity index (χ2n) is 9.69. The van der Waals surface area contributed by atoms with Gasteiger partial charge in [0.15, 0.2) is 0 Å². The number of hydrogen-bond donors (Lipinski definition) is 1. The van der Waals surface area contributed by atoms with Gasteiger partial charge in [0.05, 0.1) is 35.0 Å². The average Bonchev–Trinajstić information content (AvgIpc) is 3.42. The molecule has 0 radical (unpaired) electrons. The molecule has 0 aliphatic carbocycles. The molecule has 0 aromatic heterocycles. The molecule has 6 nitrogen and oxygen atoms in total. The van der Waals surface area contributed by atoms with Crippen LogP contribution in [0.5, 0.6) is 0 Å². The van der Waals surface area contributed by atoms with Gasteiger partial charge in [-0.3, -0.25) is 9.59 Å². The van der Waals surface area contributed by atoms with Gasteiger partial charge in [-0.25, -0.2) is 4.99 Å². The van der Waals surface area contributed by atoms with E-state index in [9.17, 15) is 35.9 Å². The molecule has 1 fully saturated rings. The molecule has 3 aromatic carbocycles. The summed E-state index contributed by atoms with van der Waals surface area (Å²) >= 11 is 6.14. The Hall–Kier alpha value is -4.32. The van der Waals surface area contributed by atoms with Crippen molar-refractivity contribution in [1.29, 1.82) is 0 Å². The van der Waals surface area contributed by atoms with E-state index in [4.69, 9.17) is 22.1 Å². The zero-order valence-electron chi connectivity index (χ0n) is 22.4. The molecule has 43 heavy (non-hydrogen) atoms. The lowest BCUT2D eigenvalue weighted by atomic mass is 9.88. The maximum atomic E-state index is 13.4. The monoisotopic (exact) mass is 623 g/mol. The molecule has 0 spiro atoms. The summed E-state index contributed by atoms with van der Waals surface area (Å²) in [6.07, 6.45) is -8.68. The van der Waals surface area contributed by atoms with Crippen molar-refractivity contribution in [3.8, 4) is 0 Å². The summed E-state index contributed by atoms with van der Waals surface area (Å²) in [5.41, 5.74) is 3.86. The second-order valence-corrected chi connectivity index (χ2v) is 10.1. The predicted molar refractivity (Wildman–Crippen MR) is 148 cm³/mol. The quantitative estimate of drug-likeness (QED) is 0.184. The number of methoxy groups -OCH3 is 1. The largest absolute Gasteiger partial charge is 0.469 e. The Labute approximate surface area is 247 Å². The van der Waals surface area contributed by atoms with Crippen LogP contribution in [0.2, 0.25) is 5.02 Å². The highest BCUT2D eigenvalue weighted by atomic mass is 35.5. The molecule has 3 aromatic rings. The van der Waals surface area contributed by atoms with Crippen molar-refractivity contribution in [1.82, 2.24) is 4.90 Å². The molecule has 226 valence electrons. The van der Waals surface area contributed by atoms with Gasteiger partial charge in [0.25, 0.3) is 5.91 Å². The van der Waals surface area contributed by atoms with E-state index in [1.807, 2.05) is 0 Å². The summed E-state index contributed by atoms with van der Waals surface area (Å²) in [4.78, 5) is 31.5. The normalized spacial score (nSPS) is 18.1. The van der Waals surface area contributed by atoms with Gasteiger partial charge in [-0.05, 0) is 48.0 Å². The smallest absolute Gasteiger partial charge is 0.430 e. The lowest BCUT2D eigenvalue weighted by molar-refractivity contribution is -0.145. The third kappa shape index (κ3) is 7.37. The molecule has 1 aliphatic rings. The van der Waals surface area contributed by atoms with Crippen LogP contribution in [0.1, 0.15) is 33.0 Å². The molecule has 0 saturated carbocycles. The number of hydrogen-bond acceptors (Lipinski definition) is 5. The van der Waals surface area contributed by atoms with Crippen molar-refractivity contribution in [3.05, 3.63) is 112 Å². The summed E-state index contributed by atoms with van der Waals surface area (Å²) in [6.45, 7) is -0.0290. The maximum absolute atomic E-state index is 13.4. The van der Waals surface area contributed by atoms with Crippen LogP contribution in [0.15, 0.2) is 89.6 Å². The number of likely N-dealkylation sites (tertiary alicyclic amines) is 1. The highest BCUT2D eigenvalue weighted by Crippen LogP contribution is 2.37. The van der Waals surface area contributed by atoms with Gasteiger partial charge in [-0.1, -0.05) is 48.0 Å². The van der Waals surface area contributed by atoms with Crippen molar-refractivity contribution in [2.24, 2.45) is 16.6 Å². The fourth-order valence-corrected chi connectivity index (χ4v) is 4.84. The van der Waals surface area contributed by atoms with E-state index >= 15 is 0 Å². The minimum atomic E-state index is -4.81. The fraction of sp³-hybridized carbons (Fsp3) is 0.233. The maximum Gasteiger partial charge on any atom is 0.430 e. The predicted octanol–water partition coefficient (Wildman–Crippen LogP) is 6.91. The van der Waals surface area contributed by atoms with Crippen molar-refractivity contribution < 1.29 is 40.7 Å². The lowest BCUT2D eigenvalue weighted by Gasteiger charge is -2.18. The third-order valence-electron chi connectivity index (χ3n) is 6.92.